The van der Waals surface area contributed by atoms with Crippen molar-refractivity contribution in [1.29, 1.82) is 0 Å². The van der Waals surface area contributed by atoms with Crippen molar-refractivity contribution in [1.82, 2.24) is 5.32 Å². The summed E-state index contributed by atoms with van der Waals surface area (Å²) < 4.78 is 18.1. The molecule has 0 radical (unpaired) electrons. The first-order valence-electron chi connectivity index (χ1n) is 7.40. The van der Waals surface area contributed by atoms with E-state index in [0.717, 1.165) is 19.6 Å². The summed E-state index contributed by atoms with van der Waals surface area (Å²) in [6.45, 7) is 7.83. The molecule has 4 heteroatoms. The minimum Gasteiger partial charge on any atom is -0.377 e. The Bertz CT molecular complexity index is 446. The second kappa shape index (κ2) is 7.34. The Balaban J connectivity index is 2.05. The van der Waals surface area contributed by atoms with Crippen LogP contribution in [0.4, 0.5) is 0 Å². The van der Waals surface area contributed by atoms with Crippen LogP contribution in [0.1, 0.15) is 37.4 Å². The Labute approximate surface area is 124 Å². The summed E-state index contributed by atoms with van der Waals surface area (Å²) in [6, 6.07) is 8.66. The van der Waals surface area contributed by atoms with Crippen molar-refractivity contribution in [3.63, 3.8) is 0 Å². The molecule has 3 nitrogen and oxygen atoms in total. The van der Waals surface area contributed by atoms with E-state index in [1.54, 1.807) is 0 Å². The lowest BCUT2D eigenvalue weighted by Crippen LogP contribution is -2.32. The van der Waals surface area contributed by atoms with Crippen molar-refractivity contribution in [2.75, 3.05) is 18.9 Å². The summed E-state index contributed by atoms with van der Waals surface area (Å²) in [5.41, 5.74) is 2.47. The van der Waals surface area contributed by atoms with Crippen molar-refractivity contribution in [3.05, 3.63) is 35.4 Å². The first kappa shape index (κ1) is 15.7. The molecule has 1 saturated heterocycles. The van der Waals surface area contributed by atoms with Crippen LogP contribution in [0.15, 0.2) is 24.3 Å². The number of aryl methyl sites for hydroxylation is 1. The van der Waals surface area contributed by atoms with E-state index in [-0.39, 0.29) is 17.4 Å². The fourth-order valence-electron chi connectivity index (χ4n) is 2.66. The lowest BCUT2D eigenvalue weighted by atomic mass is 10.1. The van der Waals surface area contributed by atoms with E-state index < -0.39 is 10.8 Å². The van der Waals surface area contributed by atoms with Gasteiger partial charge in [0.1, 0.15) is 0 Å². The lowest BCUT2D eigenvalue weighted by molar-refractivity contribution is 0.127. The Hall–Kier alpha value is -0.710. The second-order valence-corrected chi connectivity index (χ2v) is 7.17. The molecule has 1 N–H and O–H groups in total. The molecule has 1 aliphatic heterocycles. The summed E-state index contributed by atoms with van der Waals surface area (Å²) in [6.07, 6.45) is 1.04. The Kier molecular flexibility index (Phi) is 5.75. The van der Waals surface area contributed by atoms with E-state index in [2.05, 4.69) is 43.4 Å². The number of hydrogen-bond donors (Lipinski definition) is 1. The molecule has 20 heavy (non-hydrogen) atoms. The molecular formula is C16H25NO2S. The first-order chi connectivity index (χ1) is 9.61. The van der Waals surface area contributed by atoms with Gasteiger partial charge in [-0.3, -0.25) is 4.21 Å². The highest BCUT2D eigenvalue weighted by Gasteiger charge is 2.31. The van der Waals surface area contributed by atoms with Crippen molar-refractivity contribution < 1.29 is 8.95 Å². The Morgan fingerprint density at radius 2 is 2.10 bits per heavy atom. The molecule has 1 heterocycles. The third-order valence-electron chi connectivity index (χ3n) is 3.91. The third kappa shape index (κ3) is 3.90. The minimum atomic E-state index is -0.850. The summed E-state index contributed by atoms with van der Waals surface area (Å²) in [7, 11) is -0.850. The molecule has 0 bridgehead atoms. The van der Waals surface area contributed by atoms with E-state index in [1.165, 1.54) is 11.1 Å². The second-order valence-electron chi connectivity index (χ2n) is 5.47. The van der Waals surface area contributed by atoms with Gasteiger partial charge >= 0.3 is 0 Å². The zero-order chi connectivity index (χ0) is 14.5. The molecule has 0 amide bonds. The molecule has 112 valence electrons. The average molecular weight is 295 g/mol. The molecule has 1 aromatic carbocycles. The standard InChI is InChI=1S/C16H25NO2S/c1-4-17-15(14-7-5-12(2)6-8-14)11-20(18)16-9-10-19-13(16)3/h5-8,13,15-17H,4,9-11H2,1-3H3. The van der Waals surface area contributed by atoms with Gasteiger partial charge in [-0.2, -0.15) is 0 Å². The fraction of sp³-hybridized carbons (Fsp3) is 0.625. The predicted octanol–water partition coefficient (Wildman–Crippen LogP) is 2.57. The van der Waals surface area contributed by atoms with Gasteiger partial charge in [-0.15, -0.1) is 0 Å². The van der Waals surface area contributed by atoms with Crippen molar-refractivity contribution >= 4 is 10.8 Å². The zero-order valence-corrected chi connectivity index (χ0v) is 13.4. The fourth-order valence-corrected chi connectivity index (χ4v) is 4.41. The quantitative estimate of drug-likeness (QED) is 0.876. The van der Waals surface area contributed by atoms with Crippen LogP contribution in [0, 0.1) is 6.92 Å². The maximum absolute atomic E-state index is 12.6. The summed E-state index contributed by atoms with van der Waals surface area (Å²) >= 11 is 0. The van der Waals surface area contributed by atoms with Gasteiger partial charge in [-0.05, 0) is 32.4 Å². The predicted molar refractivity (Wildman–Crippen MR) is 84.4 cm³/mol. The van der Waals surface area contributed by atoms with Crippen LogP contribution in [-0.2, 0) is 15.5 Å². The first-order valence-corrected chi connectivity index (χ1v) is 8.78. The number of rotatable bonds is 6. The van der Waals surface area contributed by atoms with Crippen LogP contribution >= 0.6 is 0 Å². The van der Waals surface area contributed by atoms with Gasteiger partial charge in [0.2, 0.25) is 0 Å². The van der Waals surface area contributed by atoms with E-state index in [1.807, 2.05) is 6.92 Å². The number of ether oxygens (including phenoxy) is 1. The number of nitrogens with one attached hydrogen (secondary N) is 1. The lowest BCUT2D eigenvalue weighted by Gasteiger charge is -2.21. The van der Waals surface area contributed by atoms with Gasteiger partial charge in [0.25, 0.3) is 0 Å². The topological polar surface area (TPSA) is 38.3 Å². The zero-order valence-electron chi connectivity index (χ0n) is 12.6. The van der Waals surface area contributed by atoms with Crippen molar-refractivity contribution in [2.24, 2.45) is 0 Å². The van der Waals surface area contributed by atoms with Gasteiger partial charge in [0.15, 0.2) is 0 Å². The normalized spacial score (nSPS) is 25.6. The van der Waals surface area contributed by atoms with Crippen molar-refractivity contribution in [2.45, 2.75) is 44.6 Å². The summed E-state index contributed by atoms with van der Waals surface area (Å²) in [5.74, 6) is 0.662. The molecule has 0 aliphatic carbocycles. The molecule has 1 aliphatic rings. The van der Waals surface area contributed by atoms with Gasteiger partial charge in [-0.1, -0.05) is 36.8 Å². The molecular weight excluding hydrogens is 270 g/mol. The highest BCUT2D eigenvalue weighted by Crippen LogP contribution is 2.23. The summed E-state index contributed by atoms with van der Waals surface area (Å²) in [5, 5.41) is 3.64. The molecule has 0 saturated carbocycles. The van der Waals surface area contributed by atoms with Crippen molar-refractivity contribution in [3.8, 4) is 0 Å². The molecule has 1 fully saturated rings. The van der Waals surface area contributed by atoms with Gasteiger partial charge in [-0.25, -0.2) is 0 Å². The highest BCUT2D eigenvalue weighted by atomic mass is 32.2. The molecule has 4 unspecified atom stereocenters. The van der Waals surface area contributed by atoms with E-state index >= 15 is 0 Å². The molecule has 2 rings (SSSR count). The van der Waals surface area contributed by atoms with E-state index in [4.69, 9.17) is 4.74 Å². The molecule has 0 aromatic heterocycles. The van der Waals surface area contributed by atoms with Crippen LogP contribution < -0.4 is 5.32 Å². The van der Waals surface area contributed by atoms with Crippen LogP contribution in [0.3, 0.4) is 0 Å². The monoisotopic (exact) mass is 295 g/mol. The Morgan fingerprint density at radius 1 is 1.40 bits per heavy atom. The molecule has 0 spiro atoms. The average Bonchev–Trinajstić information content (AvgIpc) is 2.85. The van der Waals surface area contributed by atoms with Crippen LogP contribution in [0.25, 0.3) is 0 Å². The largest absolute Gasteiger partial charge is 0.377 e. The van der Waals surface area contributed by atoms with Crippen LogP contribution in [0.2, 0.25) is 0 Å². The molecule has 1 aromatic rings. The van der Waals surface area contributed by atoms with E-state index in [0.29, 0.717) is 5.75 Å². The number of benzene rings is 1. The minimum absolute atomic E-state index is 0.121. The van der Waals surface area contributed by atoms with Gasteiger partial charge in [0.05, 0.1) is 11.4 Å². The van der Waals surface area contributed by atoms with Crippen LogP contribution in [-0.4, -0.2) is 34.5 Å². The maximum atomic E-state index is 12.6. The van der Waals surface area contributed by atoms with Crippen LogP contribution in [0.5, 0.6) is 0 Å². The smallest absolute Gasteiger partial charge is 0.0691 e. The number of hydrogen-bond acceptors (Lipinski definition) is 3. The maximum Gasteiger partial charge on any atom is 0.0691 e. The third-order valence-corrected chi connectivity index (χ3v) is 5.86. The van der Waals surface area contributed by atoms with E-state index in [9.17, 15) is 4.21 Å². The SMILES string of the molecule is CCNC(CS(=O)C1CCOC1C)c1ccc(C)cc1. The summed E-state index contributed by atoms with van der Waals surface area (Å²) in [4.78, 5) is 0. The van der Waals surface area contributed by atoms with Gasteiger partial charge < -0.3 is 10.1 Å². The van der Waals surface area contributed by atoms with Gasteiger partial charge in [0, 0.05) is 29.2 Å². The highest BCUT2D eigenvalue weighted by molar-refractivity contribution is 7.85. The Morgan fingerprint density at radius 3 is 2.65 bits per heavy atom. The molecule has 4 atom stereocenters.